The van der Waals surface area contributed by atoms with Gasteiger partial charge in [-0.3, -0.25) is 9.69 Å². The van der Waals surface area contributed by atoms with Gasteiger partial charge >= 0.3 is 0 Å². The van der Waals surface area contributed by atoms with Crippen LogP contribution in [0.15, 0.2) is 109 Å². The molecule has 0 unspecified atom stereocenters. The molecular weight excluding hydrogens is 344 g/mol. The highest BCUT2D eigenvalue weighted by molar-refractivity contribution is 6.05. The van der Waals surface area contributed by atoms with Crippen molar-refractivity contribution in [1.29, 1.82) is 0 Å². The Morgan fingerprint density at radius 2 is 1.29 bits per heavy atom. The van der Waals surface area contributed by atoms with Crippen LogP contribution in [-0.4, -0.2) is 10.9 Å². The normalized spacial score (nSPS) is 10.4. The Kier molecular flexibility index (Phi) is 5.25. The maximum Gasteiger partial charge on any atom is 0.259 e. The monoisotopic (exact) mass is 364 g/mol. The standard InChI is InChI=1S/C25H20N2O/c28-25(23-16-14-22(15-17-23)21-11-5-2-6-12-21)27(24-13-7-8-18-26-24)19-20-9-3-1-4-10-20/h1-18H,19H2. The smallest absolute Gasteiger partial charge is 0.259 e. The molecule has 0 radical (unpaired) electrons. The molecule has 0 aliphatic rings. The highest BCUT2D eigenvalue weighted by atomic mass is 16.2. The lowest BCUT2D eigenvalue weighted by Crippen LogP contribution is -2.31. The molecule has 0 bridgehead atoms. The quantitative estimate of drug-likeness (QED) is 0.462. The summed E-state index contributed by atoms with van der Waals surface area (Å²) in [5.41, 5.74) is 3.92. The van der Waals surface area contributed by atoms with Crippen molar-refractivity contribution in [2.45, 2.75) is 6.54 Å². The summed E-state index contributed by atoms with van der Waals surface area (Å²) < 4.78 is 0. The molecule has 3 heteroatoms. The zero-order valence-corrected chi connectivity index (χ0v) is 15.4. The van der Waals surface area contributed by atoms with Gasteiger partial charge in [0.1, 0.15) is 5.82 Å². The number of pyridine rings is 1. The van der Waals surface area contributed by atoms with Crippen molar-refractivity contribution in [2.75, 3.05) is 4.90 Å². The molecule has 0 atom stereocenters. The molecule has 0 saturated carbocycles. The zero-order chi connectivity index (χ0) is 19.2. The second-order valence-corrected chi connectivity index (χ2v) is 6.51. The molecule has 3 aromatic carbocycles. The van der Waals surface area contributed by atoms with Gasteiger partial charge in [0.25, 0.3) is 5.91 Å². The maximum absolute atomic E-state index is 13.3. The molecule has 0 aliphatic carbocycles. The van der Waals surface area contributed by atoms with Gasteiger partial charge in [-0.25, -0.2) is 4.98 Å². The van der Waals surface area contributed by atoms with Crippen LogP contribution in [0.5, 0.6) is 0 Å². The van der Waals surface area contributed by atoms with Crippen LogP contribution in [0.4, 0.5) is 5.82 Å². The van der Waals surface area contributed by atoms with E-state index in [2.05, 4.69) is 17.1 Å². The van der Waals surface area contributed by atoms with Crippen LogP contribution in [0.1, 0.15) is 15.9 Å². The molecule has 0 fully saturated rings. The van der Waals surface area contributed by atoms with E-state index in [1.807, 2.05) is 91.0 Å². The van der Waals surface area contributed by atoms with Gasteiger partial charge in [0.2, 0.25) is 0 Å². The number of hydrogen-bond acceptors (Lipinski definition) is 2. The Balaban J connectivity index is 1.63. The number of benzene rings is 3. The summed E-state index contributed by atoms with van der Waals surface area (Å²) in [4.78, 5) is 19.4. The van der Waals surface area contributed by atoms with Crippen LogP contribution in [0.3, 0.4) is 0 Å². The van der Waals surface area contributed by atoms with Gasteiger partial charge in [-0.15, -0.1) is 0 Å². The first kappa shape index (κ1) is 17.7. The Labute approximate surface area is 164 Å². The van der Waals surface area contributed by atoms with Crippen molar-refractivity contribution >= 4 is 11.7 Å². The largest absolute Gasteiger partial charge is 0.288 e. The van der Waals surface area contributed by atoms with Crippen molar-refractivity contribution < 1.29 is 4.79 Å². The molecule has 3 nitrogen and oxygen atoms in total. The first-order valence-corrected chi connectivity index (χ1v) is 9.23. The van der Waals surface area contributed by atoms with E-state index in [0.717, 1.165) is 16.7 Å². The third kappa shape index (κ3) is 3.99. The average Bonchev–Trinajstić information content (AvgIpc) is 2.79. The Hall–Kier alpha value is -3.72. The molecule has 136 valence electrons. The van der Waals surface area contributed by atoms with Gasteiger partial charge in [0.15, 0.2) is 0 Å². The van der Waals surface area contributed by atoms with E-state index in [4.69, 9.17) is 0 Å². The topological polar surface area (TPSA) is 33.2 Å². The Morgan fingerprint density at radius 1 is 0.679 bits per heavy atom. The fraction of sp³-hybridized carbons (Fsp3) is 0.0400. The number of rotatable bonds is 5. The molecule has 0 aliphatic heterocycles. The van der Waals surface area contributed by atoms with E-state index in [1.165, 1.54) is 0 Å². The van der Waals surface area contributed by atoms with Gasteiger partial charge in [-0.1, -0.05) is 78.9 Å². The number of carbonyl (C=O) groups is 1. The lowest BCUT2D eigenvalue weighted by molar-refractivity contribution is 0.0984. The number of amides is 1. The van der Waals surface area contributed by atoms with E-state index in [0.29, 0.717) is 17.9 Å². The van der Waals surface area contributed by atoms with E-state index < -0.39 is 0 Å². The third-order valence-electron chi connectivity index (χ3n) is 4.59. The van der Waals surface area contributed by atoms with Crippen LogP contribution in [0, 0.1) is 0 Å². The van der Waals surface area contributed by atoms with Crippen molar-refractivity contribution in [2.24, 2.45) is 0 Å². The van der Waals surface area contributed by atoms with E-state index >= 15 is 0 Å². The predicted molar refractivity (Wildman–Crippen MR) is 113 cm³/mol. The molecule has 0 spiro atoms. The number of anilines is 1. The molecule has 0 saturated heterocycles. The summed E-state index contributed by atoms with van der Waals surface area (Å²) in [5.74, 6) is 0.575. The number of aromatic nitrogens is 1. The summed E-state index contributed by atoms with van der Waals surface area (Å²) in [5, 5.41) is 0. The maximum atomic E-state index is 13.3. The van der Waals surface area contributed by atoms with E-state index in [9.17, 15) is 4.79 Å². The molecule has 4 rings (SSSR count). The minimum atomic E-state index is -0.0674. The highest BCUT2D eigenvalue weighted by Gasteiger charge is 2.19. The summed E-state index contributed by atoms with van der Waals surface area (Å²) >= 11 is 0. The van der Waals surface area contributed by atoms with Crippen LogP contribution in [0.2, 0.25) is 0 Å². The Morgan fingerprint density at radius 3 is 1.93 bits per heavy atom. The van der Waals surface area contributed by atoms with Gasteiger partial charge < -0.3 is 0 Å². The molecule has 1 heterocycles. The highest BCUT2D eigenvalue weighted by Crippen LogP contribution is 2.22. The fourth-order valence-corrected chi connectivity index (χ4v) is 3.13. The lowest BCUT2D eigenvalue weighted by Gasteiger charge is -2.22. The van der Waals surface area contributed by atoms with Crippen LogP contribution >= 0.6 is 0 Å². The van der Waals surface area contributed by atoms with Crippen LogP contribution in [0.25, 0.3) is 11.1 Å². The van der Waals surface area contributed by atoms with Crippen LogP contribution < -0.4 is 4.90 Å². The number of nitrogens with zero attached hydrogens (tertiary/aromatic N) is 2. The predicted octanol–water partition coefficient (Wildman–Crippen LogP) is 5.60. The molecule has 1 aromatic heterocycles. The minimum absolute atomic E-state index is 0.0674. The fourth-order valence-electron chi connectivity index (χ4n) is 3.13. The second kappa shape index (κ2) is 8.31. The lowest BCUT2D eigenvalue weighted by atomic mass is 10.0. The first-order chi connectivity index (χ1) is 13.8. The van der Waals surface area contributed by atoms with Crippen molar-refractivity contribution in [1.82, 2.24) is 4.98 Å². The van der Waals surface area contributed by atoms with Gasteiger partial charge in [0.05, 0.1) is 6.54 Å². The van der Waals surface area contributed by atoms with Crippen LogP contribution in [-0.2, 0) is 6.54 Å². The number of carbonyl (C=O) groups excluding carboxylic acids is 1. The van der Waals surface area contributed by atoms with Crippen molar-refractivity contribution in [3.8, 4) is 11.1 Å². The van der Waals surface area contributed by atoms with E-state index in [-0.39, 0.29) is 5.91 Å². The minimum Gasteiger partial charge on any atom is -0.288 e. The number of hydrogen-bond donors (Lipinski definition) is 0. The van der Waals surface area contributed by atoms with Crippen molar-refractivity contribution in [3.05, 3.63) is 120 Å². The molecule has 4 aromatic rings. The SMILES string of the molecule is O=C(c1ccc(-c2ccccc2)cc1)N(Cc1ccccc1)c1ccccn1. The summed E-state index contributed by atoms with van der Waals surface area (Å²) in [7, 11) is 0. The van der Waals surface area contributed by atoms with E-state index in [1.54, 1.807) is 11.1 Å². The van der Waals surface area contributed by atoms with Gasteiger partial charge in [-0.05, 0) is 41.0 Å². The molecule has 28 heavy (non-hydrogen) atoms. The first-order valence-electron chi connectivity index (χ1n) is 9.23. The molecule has 0 N–H and O–H groups in total. The zero-order valence-electron chi connectivity index (χ0n) is 15.4. The Bertz CT molecular complexity index is 1030. The van der Waals surface area contributed by atoms with Crippen molar-refractivity contribution in [3.63, 3.8) is 0 Å². The van der Waals surface area contributed by atoms with Gasteiger partial charge in [-0.2, -0.15) is 0 Å². The van der Waals surface area contributed by atoms with Gasteiger partial charge in [0, 0.05) is 11.8 Å². The summed E-state index contributed by atoms with van der Waals surface area (Å²) in [6, 6.07) is 33.4. The second-order valence-electron chi connectivity index (χ2n) is 6.51. The molecule has 1 amide bonds. The molecular formula is C25H20N2O. The summed E-state index contributed by atoms with van der Waals surface area (Å²) in [6.07, 6.45) is 1.71. The average molecular weight is 364 g/mol. The third-order valence-corrected chi connectivity index (χ3v) is 4.59. The summed E-state index contributed by atoms with van der Waals surface area (Å²) in [6.45, 7) is 0.469.